The second-order valence-corrected chi connectivity index (χ2v) is 12.0. The van der Waals surface area contributed by atoms with Crippen LogP contribution in [-0.2, 0) is 26.7 Å². The first-order valence-corrected chi connectivity index (χ1v) is 14.5. The molecule has 1 fully saturated rings. The van der Waals surface area contributed by atoms with Crippen LogP contribution in [0.5, 0.6) is 0 Å². The average Bonchev–Trinajstić information content (AvgIpc) is 3.61. The molecule has 39 heavy (non-hydrogen) atoms. The summed E-state index contributed by atoms with van der Waals surface area (Å²) in [7, 11) is -3.97. The lowest BCUT2D eigenvalue weighted by atomic mass is 9.71. The van der Waals surface area contributed by atoms with E-state index in [1.54, 1.807) is 13.0 Å². The van der Waals surface area contributed by atoms with E-state index in [-0.39, 0.29) is 23.5 Å². The van der Waals surface area contributed by atoms with Gasteiger partial charge >= 0.3 is 5.97 Å². The van der Waals surface area contributed by atoms with Crippen molar-refractivity contribution >= 4 is 33.1 Å². The molecule has 0 spiro atoms. The molecule has 0 aromatic heterocycles. The van der Waals surface area contributed by atoms with Crippen molar-refractivity contribution in [3.05, 3.63) is 93.0 Å². The summed E-state index contributed by atoms with van der Waals surface area (Å²) in [5.41, 5.74) is 2.44. The van der Waals surface area contributed by atoms with Crippen molar-refractivity contribution in [3.8, 4) is 0 Å². The fourth-order valence-corrected chi connectivity index (χ4v) is 7.58. The van der Waals surface area contributed by atoms with Gasteiger partial charge in [0.1, 0.15) is 5.41 Å². The van der Waals surface area contributed by atoms with Gasteiger partial charge in [-0.1, -0.05) is 25.1 Å². The molecular formula is C29H31N3O6S. The molecule has 1 saturated heterocycles. The lowest BCUT2D eigenvalue weighted by Gasteiger charge is -2.32. The summed E-state index contributed by atoms with van der Waals surface area (Å²) >= 11 is 0. The molecule has 10 heteroatoms. The molecule has 2 aliphatic rings. The number of carbonyl (C=O) groups is 1. The molecule has 0 radical (unpaired) electrons. The fourth-order valence-electron chi connectivity index (χ4n) is 6.00. The summed E-state index contributed by atoms with van der Waals surface area (Å²) < 4.78 is 28.5. The van der Waals surface area contributed by atoms with Crippen LogP contribution in [0.25, 0.3) is 0 Å². The lowest BCUT2D eigenvalue weighted by Crippen LogP contribution is -2.37. The van der Waals surface area contributed by atoms with Crippen molar-refractivity contribution in [2.45, 2.75) is 49.8 Å². The number of nitro groups is 1. The number of carboxylic acid groups (broad SMARTS) is 1. The van der Waals surface area contributed by atoms with E-state index in [2.05, 4.69) is 4.90 Å². The van der Waals surface area contributed by atoms with Crippen molar-refractivity contribution in [1.29, 1.82) is 0 Å². The molecule has 0 bridgehead atoms. The number of hydrogen-bond donors (Lipinski definition) is 1. The van der Waals surface area contributed by atoms with E-state index in [0.29, 0.717) is 34.4 Å². The maximum absolute atomic E-state index is 13.6. The van der Waals surface area contributed by atoms with E-state index < -0.39 is 26.3 Å². The third kappa shape index (κ3) is 4.42. The standard InChI is InChI=1S/C29H31N3O6S/c1-3-29(28(33)34,22-6-8-23(9-7-22)30-15-4-5-16-30)26-12-11-25(18-20(26)2)39(37,38)31-17-14-21-19-24(32(35)36)10-13-27(21)31/h6-13,18-19H,3-5,14-17H2,1-2H3,(H,33,34)/t29-/m1/s1. The average molecular weight is 550 g/mol. The molecule has 0 saturated carbocycles. The number of nitrogens with zero attached hydrogens (tertiary/aromatic N) is 3. The van der Waals surface area contributed by atoms with E-state index in [9.17, 15) is 28.4 Å². The van der Waals surface area contributed by atoms with Gasteiger partial charge in [0, 0.05) is 37.5 Å². The Labute approximate surface area is 227 Å². The summed E-state index contributed by atoms with van der Waals surface area (Å²) in [5.74, 6) is -0.993. The molecule has 1 atom stereocenters. The Bertz CT molecular complexity index is 1550. The van der Waals surface area contributed by atoms with Crippen LogP contribution in [0.4, 0.5) is 17.1 Å². The topological polar surface area (TPSA) is 121 Å². The van der Waals surface area contributed by atoms with Crippen molar-refractivity contribution < 1.29 is 23.2 Å². The Balaban J connectivity index is 1.51. The first kappa shape index (κ1) is 26.7. The van der Waals surface area contributed by atoms with Gasteiger partial charge in [0.15, 0.2) is 0 Å². The molecule has 0 unspecified atom stereocenters. The van der Waals surface area contributed by atoms with Crippen LogP contribution < -0.4 is 9.21 Å². The highest BCUT2D eigenvalue weighted by Gasteiger charge is 2.42. The first-order chi connectivity index (χ1) is 18.6. The van der Waals surface area contributed by atoms with Gasteiger partial charge in [-0.2, -0.15) is 0 Å². The van der Waals surface area contributed by atoms with Crippen LogP contribution in [-0.4, -0.2) is 44.1 Å². The molecular weight excluding hydrogens is 518 g/mol. The zero-order valence-corrected chi connectivity index (χ0v) is 22.8. The van der Waals surface area contributed by atoms with Gasteiger partial charge < -0.3 is 10.0 Å². The predicted octanol–water partition coefficient (Wildman–Crippen LogP) is 5.04. The van der Waals surface area contributed by atoms with Crippen molar-refractivity contribution in [3.63, 3.8) is 0 Å². The van der Waals surface area contributed by atoms with Gasteiger partial charge in [-0.05, 0) is 85.2 Å². The Morgan fingerprint density at radius 2 is 1.72 bits per heavy atom. The van der Waals surface area contributed by atoms with E-state index >= 15 is 0 Å². The van der Waals surface area contributed by atoms with E-state index in [1.807, 2.05) is 31.2 Å². The monoisotopic (exact) mass is 549 g/mol. The highest BCUT2D eigenvalue weighted by atomic mass is 32.2. The largest absolute Gasteiger partial charge is 0.480 e. The summed E-state index contributed by atoms with van der Waals surface area (Å²) in [5, 5.41) is 21.7. The number of rotatable bonds is 8. The third-order valence-electron chi connectivity index (χ3n) is 8.10. The van der Waals surface area contributed by atoms with Gasteiger partial charge in [0.2, 0.25) is 0 Å². The van der Waals surface area contributed by atoms with Crippen LogP contribution >= 0.6 is 0 Å². The molecule has 5 rings (SSSR count). The normalized spacial score (nSPS) is 16.7. The van der Waals surface area contributed by atoms with Gasteiger partial charge in [0.05, 0.1) is 15.5 Å². The van der Waals surface area contributed by atoms with E-state index in [1.165, 1.54) is 34.6 Å². The third-order valence-corrected chi connectivity index (χ3v) is 9.91. The van der Waals surface area contributed by atoms with Crippen LogP contribution in [0.3, 0.4) is 0 Å². The Kier molecular flexibility index (Phi) is 6.84. The van der Waals surface area contributed by atoms with Crippen LogP contribution in [0.1, 0.15) is 48.4 Å². The van der Waals surface area contributed by atoms with Crippen LogP contribution in [0.15, 0.2) is 65.6 Å². The molecule has 3 aromatic carbocycles. The summed E-state index contributed by atoms with van der Waals surface area (Å²) in [6.45, 7) is 5.72. The minimum atomic E-state index is -3.97. The molecule has 1 N–H and O–H groups in total. The minimum Gasteiger partial charge on any atom is -0.480 e. The number of carboxylic acids is 1. The summed E-state index contributed by atoms with van der Waals surface area (Å²) in [6.07, 6.45) is 2.95. The number of nitro benzene ring substituents is 1. The Morgan fingerprint density at radius 3 is 2.31 bits per heavy atom. The number of anilines is 2. The highest BCUT2D eigenvalue weighted by molar-refractivity contribution is 7.92. The molecule has 3 aromatic rings. The number of aliphatic carboxylic acids is 1. The summed E-state index contributed by atoms with van der Waals surface area (Å²) in [4.78, 5) is 25.8. The second-order valence-electron chi connectivity index (χ2n) is 10.2. The summed E-state index contributed by atoms with van der Waals surface area (Å²) in [6, 6.07) is 16.5. The van der Waals surface area contributed by atoms with Gasteiger partial charge in [-0.15, -0.1) is 0 Å². The second kappa shape index (κ2) is 10.00. The SMILES string of the molecule is CC[C@@](C(=O)O)(c1ccc(N2CCCC2)cc1)c1ccc(S(=O)(=O)N2CCc3cc([N+](=O)[O-])ccc32)cc1C. The molecule has 0 amide bonds. The number of aryl methyl sites for hydroxylation is 1. The quantitative estimate of drug-likeness (QED) is 0.309. The highest BCUT2D eigenvalue weighted by Crippen LogP contribution is 2.41. The van der Waals surface area contributed by atoms with Crippen molar-refractivity contribution in [2.24, 2.45) is 0 Å². The Hall–Kier alpha value is -3.92. The molecule has 2 heterocycles. The first-order valence-electron chi connectivity index (χ1n) is 13.1. The number of fused-ring (bicyclic) bond motifs is 1. The number of non-ortho nitro benzene ring substituents is 1. The van der Waals surface area contributed by atoms with Crippen LogP contribution in [0.2, 0.25) is 0 Å². The van der Waals surface area contributed by atoms with Crippen molar-refractivity contribution in [2.75, 3.05) is 28.8 Å². The van der Waals surface area contributed by atoms with Gasteiger partial charge in [0.25, 0.3) is 15.7 Å². The number of hydrogen-bond acceptors (Lipinski definition) is 6. The Morgan fingerprint density at radius 1 is 1.03 bits per heavy atom. The smallest absolute Gasteiger partial charge is 0.318 e. The number of benzene rings is 3. The lowest BCUT2D eigenvalue weighted by molar-refractivity contribution is -0.384. The maximum atomic E-state index is 13.6. The van der Waals surface area contributed by atoms with E-state index in [4.69, 9.17) is 0 Å². The van der Waals surface area contributed by atoms with Crippen molar-refractivity contribution in [1.82, 2.24) is 0 Å². The minimum absolute atomic E-state index is 0.0507. The maximum Gasteiger partial charge on any atom is 0.318 e. The molecule has 204 valence electrons. The number of sulfonamides is 1. The molecule has 0 aliphatic carbocycles. The van der Waals surface area contributed by atoms with E-state index in [0.717, 1.165) is 31.6 Å². The molecule has 9 nitrogen and oxygen atoms in total. The zero-order valence-electron chi connectivity index (χ0n) is 22.0. The van der Waals surface area contributed by atoms with Crippen LogP contribution in [0, 0.1) is 17.0 Å². The fraction of sp³-hybridized carbons (Fsp3) is 0.345. The zero-order chi connectivity index (χ0) is 27.9. The van der Waals surface area contributed by atoms with Gasteiger partial charge in [-0.25, -0.2) is 8.42 Å². The molecule has 2 aliphatic heterocycles. The van der Waals surface area contributed by atoms with Gasteiger partial charge in [-0.3, -0.25) is 19.2 Å². The predicted molar refractivity (Wildman–Crippen MR) is 149 cm³/mol.